The highest BCUT2D eigenvalue weighted by Crippen LogP contribution is 2.24. The van der Waals surface area contributed by atoms with E-state index in [1.54, 1.807) is 19.1 Å². The molecule has 0 unspecified atom stereocenters. The van der Waals surface area contributed by atoms with Crippen molar-refractivity contribution in [1.82, 2.24) is 24.2 Å². The number of carbonyl (C=O) groups excluding carboxylic acids is 1. The highest BCUT2D eigenvalue weighted by atomic mass is 32.2. The van der Waals surface area contributed by atoms with Gasteiger partial charge in [-0.3, -0.25) is 9.20 Å². The Balaban J connectivity index is 1.46. The zero-order valence-electron chi connectivity index (χ0n) is 16.9. The average Bonchev–Trinajstić information content (AvgIpc) is 3.17. The maximum Gasteiger partial charge on any atom is 0.251 e. The predicted molar refractivity (Wildman–Crippen MR) is 113 cm³/mol. The van der Waals surface area contributed by atoms with Crippen molar-refractivity contribution in [3.8, 4) is 0 Å². The summed E-state index contributed by atoms with van der Waals surface area (Å²) >= 11 is 0. The van der Waals surface area contributed by atoms with Crippen LogP contribution in [0.4, 0.5) is 0 Å². The lowest BCUT2D eigenvalue weighted by Gasteiger charge is -2.26. The smallest absolute Gasteiger partial charge is 0.251 e. The van der Waals surface area contributed by atoms with E-state index >= 15 is 0 Å². The summed E-state index contributed by atoms with van der Waals surface area (Å²) < 4.78 is 29.5. The maximum atomic E-state index is 13.1. The van der Waals surface area contributed by atoms with Crippen LogP contribution in [0.2, 0.25) is 0 Å². The molecule has 3 aromatic rings. The van der Waals surface area contributed by atoms with Gasteiger partial charge in [0.25, 0.3) is 5.91 Å². The number of sulfonamides is 1. The van der Waals surface area contributed by atoms with E-state index in [0.29, 0.717) is 37.2 Å². The number of rotatable bonds is 6. The van der Waals surface area contributed by atoms with Crippen LogP contribution in [0.1, 0.15) is 41.0 Å². The Morgan fingerprint density at radius 1 is 1.10 bits per heavy atom. The van der Waals surface area contributed by atoms with Crippen molar-refractivity contribution in [1.29, 1.82) is 0 Å². The number of aryl methyl sites for hydroxylation is 1. The summed E-state index contributed by atoms with van der Waals surface area (Å²) in [6, 6.07) is 10.5. The van der Waals surface area contributed by atoms with Gasteiger partial charge < -0.3 is 5.32 Å². The Hall–Kier alpha value is -2.78. The molecule has 158 valence electrons. The number of hydrogen-bond donors (Lipinski definition) is 1. The summed E-state index contributed by atoms with van der Waals surface area (Å²) in [5.41, 5.74) is 1.74. The Labute approximate surface area is 176 Å². The third-order valence-electron chi connectivity index (χ3n) is 5.40. The number of benzene rings is 1. The van der Waals surface area contributed by atoms with Crippen LogP contribution in [0.5, 0.6) is 0 Å². The number of nitrogens with one attached hydrogen (secondary N) is 1. The topological polar surface area (TPSA) is 96.7 Å². The van der Waals surface area contributed by atoms with E-state index in [4.69, 9.17) is 0 Å². The Morgan fingerprint density at radius 3 is 2.70 bits per heavy atom. The average molecular weight is 428 g/mol. The van der Waals surface area contributed by atoms with Crippen molar-refractivity contribution in [3.05, 3.63) is 59.5 Å². The number of piperidine rings is 1. The minimum absolute atomic E-state index is 0.209. The number of nitrogens with zero attached hydrogens (tertiary/aromatic N) is 4. The summed E-state index contributed by atoms with van der Waals surface area (Å²) in [4.78, 5) is 12.8. The Morgan fingerprint density at radius 2 is 1.90 bits per heavy atom. The standard InChI is InChI=1S/C21H25N5O3S/c1-16-8-9-17(15-18(16)30(28,29)25-12-4-2-5-13-25)21(27)22-11-10-20-24-23-19-7-3-6-14-26(19)20/h3,6-9,14-15H,2,4-5,10-13H2,1H3,(H,22,27). The van der Waals surface area contributed by atoms with Gasteiger partial charge in [0.05, 0.1) is 4.90 Å². The third-order valence-corrected chi connectivity index (χ3v) is 7.44. The molecular formula is C21H25N5O3S. The predicted octanol–water partition coefficient (Wildman–Crippen LogP) is 2.18. The van der Waals surface area contributed by atoms with Crippen LogP contribution in [0.3, 0.4) is 0 Å². The second kappa shape index (κ2) is 8.53. The number of hydrogen-bond acceptors (Lipinski definition) is 5. The molecule has 0 spiro atoms. The highest BCUT2D eigenvalue weighted by Gasteiger charge is 2.28. The summed E-state index contributed by atoms with van der Waals surface area (Å²) in [5, 5.41) is 11.1. The van der Waals surface area contributed by atoms with Gasteiger partial charge in [-0.05, 0) is 49.6 Å². The molecule has 0 atom stereocenters. The van der Waals surface area contributed by atoms with E-state index in [1.807, 2.05) is 28.8 Å². The van der Waals surface area contributed by atoms with Crippen LogP contribution in [-0.2, 0) is 16.4 Å². The second-order valence-electron chi connectivity index (χ2n) is 7.50. The van der Waals surface area contributed by atoms with Crippen molar-refractivity contribution in [3.63, 3.8) is 0 Å². The fourth-order valence-corrected chi connectivity index (χ4v) is 5.48. The Bertz CT molecular complexity index is 1170. The molecule has 0 bridgehead atoms. The van der Waals surface area contributed by atoms with Gasteiger partial charge in [0.2, 0.25) is 10.0 Å². The van der Waals surface area contributed by atoms with Crippen LogP contribution in [0.15, 0.2) is 47.5 Å². The van der Waals surface area contributed by atoms with Crippen LogP contribution in [-0.4, -0.2) is 52.9 Å². The lowest BCUT2D eigenvalue weighted by atomic mass is 10.1. The lowest BCUT2D eigenvalue weighted by Crippen LogP contribution is -2.36. The Kier molecular flexibility index (Phi) is 5.83. The van der Waals surface area contributed by atoms with E-state index in [0.717, 1.165) is 30.7 Å². The van der Waals surface area contributed by atoms with Gasteiger partial charge in [0.15, 0.2) is 5.65 Å². The molecule has 9 heteroatoms. The minimum Gasteiger partial charge on any atom is -0.352 e. The van der Waals surface area contributed by atoms with Gasteiger partial charge in [-0.15, -0.1) is 10.2 Å². The molecule has 3 heterocycles. The minimum atomic E-state index is -3.60. The molecule has 1 fully saturated rings. The molecule has 0 saturated carbocycles. The third kappa shape index (κ3) is 4.08. The number of fused-ring (bicyclic) bond motifs is 1. The van der Waals surface area contributed by atoms with Crippen LogP contribution in [0, 0.1) is 6.92 Å². The van der Waals surface area contributed by atoms with Gasteiger partial charge in [0.1, 0.15) is 5.82 Å². The first kappa shape index (κ1) is 20.5. The zero-order valence-corrected chi connectivity index (χ0v) is 17.7. The monoisotopic (exact) mass is 427 g/mol. The second-order valence-corrected chi connectivity index (χ2v) is 9.40. The SMILES string of the molecule is Cc1ccc(C(=O)NCCc2nnc3ccccn23)cc1S(=O)(=O)N1CCCCC1. The van der Waals surface area contributed by atoms with Crippen LogP contribution in [0.25, 0.3) is 5.65 Å². The first-order valence-electron chi connectivity index (χ1n) is 10.1. The van der Waals surface area contributed by atoms with Crippen molar-refractivity contribution in [2.75, 3.05) is 19.6 Å². The molecule has 0 aliphatic carbocycles. The molecule has 1 saturated heterocycles. The summed E-state index contributed by atoms with van der Waals surface area (Å²) in [6.07, 6.45) is 5.19. The largest absolute Gasteiger partial charge is 0.352 e. The lowest BCUT2D eigenvalue weighted by molar-refractivity contribution is 0.0953. The maximum absolute atomic E-state index is 13.1. The summed E-state index contributed by atoms with van der Waals surface area (Å²) in [7, 11) is -3.60. The number of carbonyl (C=O) groups is 1. The number of pyridine rings is 1. The van der Waals surface area contributed by atoms with Crippen LogP contribution >= 0.6 is 0 Å². The quantitative estimate of drug-likeness (QED) is 0.650. The van der Waals surface area contributed by atoms with Gasteiger partial charge >= 0.3 is 0 Å². The molecule has 1 aliphatic rings. The highest BCUT2D eigenvalue weighted by molar-refractivity contribution is 7.89. The fraction of sp³-hybridized carbons (Fsp3) is 0.381. The molecule has 0 radical (unpaired) electrons. The molecule has 4 rings (SSSR count). The normalized spacial score (nSPS) is 15.4. The molecule has 30 heavy (non-hydrogen) atoms. The number of aromatic nitrogens is 3. The van der Waals surface area contributed by atoms with E-state index in [-0.39, 0.29) is 10.8 Å². The summed E-state index contributed by atoms with van der Waals surface area (Å²) in [5.74, 6) is 0.446. The molecule has 8 nitrogen and oxygen atoms in total. The molecule has 1 N–H and O–H groups in total. The zero-order chi connectivity index (χ0) is 21.1. The molecule has 1 aliphatic heterocycles. The van der Waals surface area contributed by atoms with Crippen molar-refractivity contribution >= 4 is 21.6 Å². The van der Waals surface area contributed by atoms with Gasteiger partial charge in [-0.2, -0.15) is 4.31 Å². The van der Waals surface area contributed by atoms with Gasteiger partial charge in [-0.1, -0.05) is 18.6 Å². The molecule has 1 amide bonds. The first-order valence-corrected chi connectivity index (χ1v) is 11.6. The van der Waals surface area contributed by atoms with E-state index in [1.165, 1.54) is 10.4 Å². The van der Waals surface area contributed by atoms with Crippen LogP contribution < -0.4 is 5.32 Å². The first-order chi connectivity index (χ1) is 14.5. The molecule has 1 aromatic carbocycles. The van der Waals surface area contributed by atoms with Crippen molar-refractivity contribution in [2.24, 2.45) is 0 Å². The van der Waals surface area contributed by atoms with E-state index in [9.17, 15) is 13.2 Å². The van der Waals surface area contributed by atoms with Crippen molar-refractivity contribution < 1.29 is 13.2 Å². The summed E-state index contributed by atoms with van der Waals surface area (Å²) in [6.45, 7) is 3.19. The molecular weight excluding hydrogens is 402 g/mol. The molecule has 2 aromatic heterocycles. The van der Waals surface area contributed by atoms with E-state index < -0.39 is 10.0 Å². The van der Waals surface area contributed by atoms with E-state index in [2.05, 4.69) is 15.5 Å². The van der Waals surface area contributed by atoms with Crippen molar-refractivity contribution in [2.45, 2.75) is 37.5 Å². The number of amides is 1. The van der Waals surface area contributed by atoms with Gasteiger partial charge in [0, 0.05) is 37.8 Å². The van der Waals surface area contributed by atoms with Gasteiger partial charge in [-0.25, -0.2) is 8.42 Å². The fourth-order valence-electron chi connectivity index (χ4n) is 3.71.